The summed E-state index contributed by atoms with van der Waals surface area (Å²) in [6.45, 7) is 4.49. The Morgan fingerprint density at radius 1 is 1.47 bits per heavy atom. The fourth-order valence-electron chi connectivity index (χ4n) is 1.59. The van der Waals surface area contributed by atoms with Crippen molar-refractivity contribution < 1.29 is 9.53 Å². The lowest BCUT2D eigenvalue weighted by Gasteiger charge is -2.15. The lowest BCUT2D eigenvalue weighted by molar-refractivity contribution is -0.127. The second kappa shape index (κ2) is 7.89. The molecular formula is C14H21ClN2O2. The molecule has 1 atom stereocenters. The van der Waals surface area contributed by atoms with Gasteiger partial charge >= 0.3 is 0 Å². The molecule has 0 aliphatic carbocycles. The van der Waals surface area contributed by atoms with E-state index in [1.807, 2.05) is 0 Å². The Balaban J connectivity index is 2.45. The molecule has 4 nitrogen and oxygen atoms in total. The van der Waals surface area contributed by atoms with E-state index >= 15 is 0 Å². The van der Waals surface area contributed by atoms with Gasteiger partial charge in [0.1, 0.15) is 5.75 Å². The van der Waals surface area contributed by atoms with Crippen LogP contribution < -0.4 is 15.8 Å². The smallest absolute Gasteiger partial charge is 0.260 e. The van der Waals surface area contributed by atoms with Crippen LogP contribution in [0, 0.1) is 0 Å². The van der Waals surface area contributed by atoms with E-state index in [0.29, 0.717) is 23.0 Å². The van der Waals surface area contributed by atoms with Crippen LogP contribution in [-0.4, -0.2) is 18.6 Å². The molecule has 106 valence electrons. The highest BCUT2D eigenvalue weighted by molar-refractivity contribution is 6.32. The summed E-state index contributed by atoms with van der Waals surface area (Å²) in [4.78, 5) is 11.8. The first-order chi connectivity index (χ1) is 9.04. The van der Waals surface area contributed by atoms with E-state index in [4.69, 9.17) is 22.1 Å². The predicted octanol–water partition coefficient (Wildman–Crippen LogP) is 3.00. The van der Waals surface area contributed by atoms with Crippen LogP contribution in [0.2, 0.25) is 5.02 Å². The number of carbonyl (C=O) groups excluding carboxylic acids is 1. The van der Waals surface area contributed by atoms with Crippen LogP contribution in [0.15, 0.2) is 18.2 Å². The van der Waals surface area contributed by atoms with Crippen LogP contribution in [-0.2, 0) is 4.79 Å². The van der Waals surface area contributed by atoms with Crippen LogP contribution in [0.4, 0.5) is 5.69 Å². The van der Waals surface area contributed by atoms with Gasteiger partial charge in [0, 0.05) is 12.2 Å². The van der Waals surface area contributed by atoms with E-state index in [1.165, 1.54) is 0 Å². The van der Waals surface area contributed by atoms with E-state index in [1.54, 1.807) is 25.1 Å². The minimum atomic E-state index is -0.581. The van der Waals surface area contributed by atoms with Crippen molar-refractivity contribution in [2.45, 2.75) is 39.2 Å². The molecule has 1 aromatic carbocycles. The van der Waals surface area contributed by atoms with Gasteiger partial charge in [-0.15, -0.1) is 0 Å². The van der Waals surface area contributed by atoms with Crippen molar-refractivity contribution in [3.8, 4) is 5.75 Å². The Morgan fingerprint density at radius 3 is 2.84 bits per heavy atom. The highest BCUT2D eigenvalue weighted by atomic mass is 35.5. The molecular weight excluding hydrogens is 264 g/mol. The molecule has 0 saturated heterocycles. The van der Waals surface area contributed by atoms with E-state index in [-0.39, 0.29) is 5.91 Å². The molecule has 0 spiro atoms. The third-order valence-corrected chi connectivity index (χ3v) is 3.00. The maximum Gasteiger partial charge on any atom is 0.260 e. The van der Waals surface area contributed by atoms with Crippen LogP contribution >= 0.6 is 11.6 Å². The zero-order chi connectivity index (χ0) is 14.3. The molecule has 0 bridgehead atoms. The number of ether oxygens (including phenoxy) is 1. The molecule has 0 aliphatic rings. The number of nitrogens with one attached hydrogen (secondary N) is 1. The molecule has 0 saturated carbocycles. The predicted molar refractivity (Wildman–Crippen MR) is 78.5 cm³/mol. The molecule has 1 aromatic rings. The molecule has 1 amide bonds. The summed E-state index contributed by atoms with van der Waals surface area (Å²) < 4.78 is 5.52. The molecule has 0 fully saturated rings. The number of hydrogen-bond donors (Lipinski definition) is 2. The second-order valence-electron chi connectivity index (χ2n) is 4.45. The van der Waals surface area contributed by atoms with Crippen molar-refractivity contribution in [2.75, 3.05) is 12.3 Å². The van der Waals surface area contributed by atoms with Gasteiger partial charge in [-0.1, -0.05) is 31.4 Å². The van der Waals surface area contributed by atoms with Gasteiger partial charge in [0.15, 0.2) is 6.10 Å². The van der Waals surface area contributed by atoms with Gasteiger partial charge in [0.2, 0.25) is 0 Å². The number of carbonyl (C=O) groups is 1. The molecule has 0 aromatic heterocycles. The number of hydrogen-bond acceptors (Lipinski definition) is 3. The fourth-order valence-corrected chi connectivity index (χ4v) is 1.82. The van der Waals surface area contributed by atoms with Gasteiger partial charge in [-0.2, -0.15) is 0 Å². The average Bonchev–Trinajstić information content (AvgIpc) is 2.37. The molecule has 1 unspecified atom stereocenters. The molecule has 0 aliphatic heterocycles. The lowest BCUT2D eigenvalue weighted by atomic mass is 10.2. The fraction of sp³-hybridized carbons (Fsp3) is 0.500. The Bertz CT molecular complexity index is 424. The Hall–Kier alpha value is -1.42. The summed E-state index contributed by atoms with van der Waals surface area (Å²) in [5.41, 5.74) is 6.16. The van der Waals surface area contributed by atoms with Crippen molar-refractivity contribution in [3.05, 3.63) is 23.2 Å². The van der Waals surface area contributed by atoms with Crippen molar-refractivity contribution in [1.29, 1.82) is 0 Å². The summed E-state index contributed by atoms with van der Waals surface area (Å²) in [6.07, 6.45) is 2.64. The van der Waals surface area contributed by atoms with E-state index < -0.39 is 6.10 Å². The number of amides is 1. The van der Waals surface area contributed by atoms with E-state index in [9.17, 15) is 4.79 Å². The number of benzene rings is 1. The first kappa shape index (κ1) is 15.6. The van der Waals surface area contributed by atoms with E-state index in [2.05, 4.69) is 12.2 Å². The highest BCUT2D eigenvalue weighted by Gasteiger charge is 2.15. The van der Waals surface area contributed by atoms with Crippen LogP contribution in [0.5, 0.6) is 5.75 Å². The Kier molecular flexibility index (Phi) is 6.50. The molecule has 0 radical (unpaired) electrons. The van der Waals surface area contributed by atoms with Gasteiger partial charge in [0.25, 0.3) is 5.91 Å². The number of unbranched alkanes of at least 4 members (excludes halogenated alkanes) is 2. The molecule has 3 N–H and O–H groups in total. The van der Waals surface area contributed by atoms with E-state index in [0.717, 1.165) is 19.3 Å². The van der Waals surface area contributed by atoms with Crippen molar-refractivity contribution in [2.24, 2.45) is 0 Å². The lowest BCUT2D eigenvalue weighted by Crippen LogP contribution is -2.36. The quantitative estimate of drug-likeness (QED) is 0.597. The van der Waals surface area contributed by atoms with Gasteiger partial charge in [-0.3, -0.25) is 4.79 Å². The Morgan fingerprint density at radius 2 is 2.21 bits per heavy atom. The van der Waals surface area contributed by atoms with Gasteiger partial charge in [0.05, 0.1) is 5.02 Å². The maximum atomic E-state index is 11.8. The molecule has 19 heavy (non-hydrogen) atoms. The Labute approximate surface area is 119 Å². The normalized spacial score (nSPS) is 11.9. The number of halogens is 1. The number of nitrogen functional groups attached to an aromatic ring is 1. The summed E-state index contributed by atoms with van der Waals surface area (Å²) in [5.74, 6) is 0.330. The topological polar surface area (TPSA) is 64.3 Å². The zero-order valence-electron chi connectivity index (χ0n) is 11.4. The van der Waals surface area contributed by atoms with Gasteiger partial charge in [-0.25, -0.2) is 0 Å². The second-order valence-corrected chi connectivity index (χ2v) is 4.86. The first-order valence-corrected chi connectivity index (χ1v) is 6.91. The van der Waals surface area contributed by atoms with Crippen LogP contribution in [0.25, 0.3) is 0 Å². The molecule has 0 heterocycles. The van der Waals surface area contributed by atoms with Gasteiger partial charge < -0.3 is 15.8 Å². The summed E-state index contributed by atoms with van der Waals surface area (Å²) in [5, 5.41) is 3.24. The molecule has 1 rings (SSSR count). The number of anilines is 1. The third-order valence-electron chi connectivity index (χ3n) is 2.71. The zero-order valence-corrected chi connectivity index (χ0v) is 12.2. The van der Waals surface area contributed by atoms with Crippen molar-refractivity contribution >= 4 is 23.2 Å². The monoisotopic (exact) mass is 284 g/mol. The number of nitrogens with two attached hydrogens (primary N) is 1. The summed E-state index contributed by atoms with van der Waals surface area (Å²) >= 11 is 5.99. The molecule has 5 heteroatoms. The standard InChI is InChI=1S/C14H21ClN2O2/c1-3-4-5-8-17-14(18)10(2)19-13-7-6-11(16)9-12(13)15/h6-7,9-10H,3-5,8,16H2,1-2H3,(H,17,18). The van der Waals surface area contributed by atoms with Crippen LogP contribution in [0.1, 0.15) is 33.1 Å². The largest absolute Gasteiger partial charge is 0.479 e. The van der Waals surface area contributed by atoms with Crippen molar-refractivity contribution in [3.63, 3.8) is 0 Å². The minimum absolute atomic E-state index is 0.135. The summed E-state index contributed by atoms with van der Waals surface area (Å²) in [6, 6.07) is 4.95. The highest BCUT2D eigenvalue weighted by Crippen LogP contribution is 2.27. The van der Waals surface area contributed by atoms with Crippen molar-refractivity contribution in [1.82, 2.24) is 5.32 Å². The van der Waals surface area contributed by atoms with Crippen LogP contribution in [0.3, 0.4) is 0 Å². The van der Waals surface area contributed by atoms with Gasteiger partial charge in [-0.05, 0) is 31.5 Å². The average molecular weight is 285 g/mol. The maximum absolute atomic E-state index is 11.8. The number of rotatable bonds is 7. The first-order valence-electron chi connectivity index (χ1n) is 6.54. The summed E-state index contributed by atoms with van der Waals surface area (Å²) in [7, 11) is 0. The third kappa shape index (κ3) is 5.39. The SMILES string of the molecule is CCCCCNC(=O)C(C)Oc1ccc(N)cc1Cl. The minimum Gasteiger partial charge on any atom is -0.479 e.